The van der Waals surface area contributed by atoms with E-state index in [0.717, 1.165) is 6.42 Å². The summed E-state index contributed by atoms with van der Waals surface area (Å²) >= 11 is 0. The number of esters is 1. The highest BCUT2D eigenvalue weighted by Crippen LogP contribution is 2.70. The van der Waals surface area contributed by atoms with Gasteiger partial charge in [0.2, 0.25) is 5.91 Å². The lowest BCUT2D eigenvalue weighted by Crippen LogP contribution is -2.43. The van der Waals surface area contributed by atoms with Crippen molar-refractivity contribution >= 4 is 23.3 Å². The fraction of sp³-hybridized carbons (Fsp3) is 0.526. The maximum Gasteiger partial charge on any atom is 0.339 e. The number of amides is 1. The number of rotatable bonds is 3. The van der Waals surface area contributed by atoms with Gasteiger partial charge in [-0.1, -0.05) is 32.9 Å². The highest BCUT2D eigenvalue weighted by atomic mass is 16.5. The number of benzene rings is 1. The molecule has 128 valence electrons. The van der Waals surface area contributed by atoms with Crippen molar-refractivity contribution in [2.75, 3.05) is 12.4 Å². The van der Waals surface area contributed by atoms with E-state index < -0.39 is 22.2 Å². The molecule has 0 spiro atoms. The average Bonchev–Trinajstić information content (AvgIpc) is 2.85. The molecule has 24 heavy (non-hydrogen) atoms. The second-order valence-electron chi connectivity index (χ2n) is 7.63. The molecule has 1 amide bonds. The molecule has 2 saturated carbocycles. The summed E-state index contributed by atoms with van der Waals surface area (Å²) in [5.74, 6) is -0.519. The minimum Gasteiger partial charge on any atom is -0.465 e. The van der Waals surface area contributed by atoms with Crippen LogP contribution in [0.25, 0.3) is 0 Å². The predicted octanol–water partition coefficient (Wildman–Crippen LogP) is 3.20. The Hall–Kier alpha value is -2.17. The van der Waals surface area contributed by atoms with Crippen LogP contribution in [0.3, 0.4) is 0 Å². The lowest BCUT2D eigenvalue weighted by Gasteiger charge is -2.38. The molecule has 2 atom stereocenters. The molecular weight excluding hydrogens is 306 g/mol. The number of fused-ring (bicyclic) bond motifs is 2. The van der Waals surface area contributed by atoms with Crippen molar-refractivity contribution in [1.29, 1.82) is 0 Å². The smallest absolute Gasteiger partial charge is 0.339 e. The Labute approximate surface area is 141 Å². The Morgan fingerprint density at radius 1 is 1.12 bits per heavy atom. The molecule has 0 heterocycles. The topological polar surface area (TPSA) is 72.5 Å². The molecule has 5 nitrogen and oxygen atoms in total. The van der Waals surface area contributed by atoms with E-state index >= 15 is 0 Å². The zero-order chi connectivity index (χ0) is 17.8. The van der Waals surface area contributed by atoms with Crippen LogP contribution in [0.1, 0.15) is 50.4 Å². The quantitative estimate of drug-likeness (QED) is 0.864. The minimum atomic E-state index is -0.720. The molecule has 0 aliphatic heterocycles. The molecule has 0 saturated heterocycles. The van der Waals surface area contributed by atoms with Gasteiger partial charge in [-0.25, -0.2) is 4.79 Å². The van der Waals surface area contributed by atoms with E-state index in [-0.39, 0.29) is 18.1 Å². The number of ketones is 1. The molecule has 2 aliphatic rings. The van der Waals surface area contributed by atoms with Crippen LogP contribution >= 0.6 is 0 Å². The third kappa shape index (κ3) is 1.90. The zero-order valence-electron chi connectivity index (χ0n) is 14.6. The van der Waals surface area contributed by atoms with Crippen molar-refractivity contribution in [2.45, 2.75) is 40.0 Å². The Kier molecular flexibility index (Phi) is 3.59. The van der Waals surface area contributed by atoms with Crippen LogP contribution in [-0.2, 0) is 14.3 Å². The first-order valence-electron chi connectivity index (χ1n) is 8.22. The van der Waals surface area contributed by atoms with Gasteiger partial charge in [0.1, 0.15) is 5.78 Å². The van der Waals surface area contributed by atoms with E-state index in [0.29, 0.717) is 17.7 Å². The van der Waals surface area contributed by atoms with Gasteiger partial charge in [0, 0.05) is 11.8 Å². The second kappa shape index (κ2) is 5.16. The first-order chi connectivity index (χ1) is 11.2. The summed E-state index contributed by atoms with van der Waals surface area (Å²) in [5, 5.41) is 2.89. The van der Waals surface area contributed by atoms with Gasteiger partial charge in [-0.2, -0.15) is 0 Å². The van der Waals surface area contributed by atoms with Gasteiger partial charge in [0.15, 0.2) is 0 Å². The summed E-state index contributed by atoms with van der Waals surface area (Å²) in [7, 11) is 1.31. The summed E-state index contributed by atoms with van der Waals surface area (Å²) in [4.78, 5) is 37.5. The van der Waals surface area contributed by atoms with Crippen molar-refractivity contribution < 1.29 is 19.1 Å². The minimum absolute atomic E-state index is 0.162. The number of anilines is 1. The number of carbonyl (C=O) groups is 3. The van der Waals surface area contributed by atoms with Crippen LogP contribution in [0.5, 0.6) is 0 Å². The van der Waals surface area contributed by atoms with Gasteiger partial charge in [-0.15, -0.1) is 0 Å². The van der Waals surface area contributed by atoms with E-state index in [2.05, 4.69) is 5.32 Å². The van der Waals surface area contributed by atoms with Crippen LogP contribution in [0.15, 0.2) is 24.3 Å². The largest absolute Gasteiger partial charge is 0.465 e. The Morgan fingerprint density at radius 2 is 1.79 bits per heavy atom. The summed E-state index contributed by atoms with van der Waals surface area (Å²) < 4.78 is 4.77. The maximum atomic E-state index is 13.1. The lowest BCUT2D eigenvalue weighted by atomic mass is 9.64. The number of nitrogens with one attached hydrogen (secondary N) is 1. The molecule has 2 fully saturated rings. The van der Waals surface area contributed by atoms with Crippen LogP contribution in [0.2, 0.25) is 0 Å². The monoisotopic (exact) mass is 329 g/mol. The molecule has 3 rings (SSSR count). The molecule has 1 aromatic rings. The number of hydrogen-bond donors (Lipinski definition) is 1. The lowest BCUT2D eigenvalue weighted by molar-refractivity contribution is -0.131. The first-order valence-corrected chi connectivity index (χ1v) is 8.22. The number of ether oxygens (including phenoxy) is 1. The highest BCUT2D eigenvalue weighted by Gasteiger charge is 2.72. The van der Waals surface area contributed by atoms with Gasteiger partial charge in [-0.05, 0) is 30.4 Å². The maximum absolute atomic E-state index is 13.1. The van der Waals surface area contributed by atoms with Crippen molar-refractivity contribution in [3.63, 3.8) is 0 Å². The molecule has 2 bridgehead atoms. The number of methoxy groups -OCH3 is 1. The van der Waals surface area contributed by atoms with Gasteiger partial charge >= 0.3 is 5.97 Å². The summed E-state index contributed by atoms with van der Waals surface area (Å²) in [6.45, 7) is 5.99. The molecule has 0 unspecified atom stereocenters. The van der Waals surface area contributed by atoms with Gasteiger partial charge < -0.3 is 10.1 Å². The van der Waals surface area contributed by atoms with Gasteiger partial charge in [0.25, 0.3) is 0 Å². The van der Waals surface area contributed by atoms with Crippen molar-refractivity contribution in [2.24, 2.45) is 16.2 Å². The zero-order valence-corrected chi connectivity index (χ0v) is 14.6. The summed E-state index contributed by atoms with van der Waals surface area (Å²) in [6, 6.07) is 6.76. The highest BCUT2D eigenvalue weighted by molar-refractivity contribution is 6.07. The van der Waals surface area contributed by atoms with E-state index in [1.807, 2.05) is 20.8 Å². The Bertz CT molecular complexity index is 739. The second-order valence-corrected chi connectivity index (χ2v) is 7.63. The first kappa shape index (κ1) is 16.7. The van der Waals surface area contributed by atoms with E-state index in [1.165, 1.54) is 7.11 Å². The number of Topliss-reactive ketones (excluding diaryl/α,β-unsaturated/α-hetero) is 1. The number of para-hydroxylation sites is 1. The molecule has 2 aliphatic carbocycles. The van der Waals surface area contributed by atoms with Crippen molar-refractivity contribution in [3.05, 3.63) is 29.8 Å². The van der Waals surface area contributed by atoms with E-state index in [9.17, 15) is 14.4 Å². The average molecular weight is 329 g/mol. The molecule has 1 aromatic carbocycles. The SMILES string of the molecule is COC(=O)c1ccccc1NC(=O)[C@@]12CC[C@](C)(C(=O)C1)C2(C)C. The number of carbonyl (C=O) groups excluding carboxylic acids is 3. The fourth-order valence-corrected chi connectivity index (χ4v) is 4.48. The molecule has 0 aromatic heterocycles. The third-order valence-electron chi connectivity index (χ3n) is 6.72. The molecule has 0 radical (unpaired) electrons. The van der Waals surface area contributed by atoms with Crippen LogP contribution in [0.4, 0.5) is 5.69 Å². The normalized spacial score (nSPS) is 30.2. The fourth-order valence-electron chi connectivity index (χ4n) is 4.48. The van der Waals surface area contributed by atoms with E-state index in [1.54, 1.807) is 24.3 Å². The van der Waals surface area contributed by atoms with Crippen LogP contribution in [0, 0.1) is 16.2 Å². The standard InChI is InChI=1S/C19H23NO4/c1-17(2)18(3)9-10-19(17,11-14(18)21)16(23)20-13-8-6-5-7-12(13)15(22)24-4/h5-8H,9-11H2,1-4H3,(H,20,23)/t18-,19-/m1/s1. The van der Waals surface area contributed by atoms with Gasteiger partial charge in [-0.3, -0.25) is 9.59 Å². The van der Waals surface area contributed by atoms with Crippen LogP contribution < -0.4 is 5.32 Å². The van der Waals surface area contributed by atoms with E-state index in [4.69, 9.17) is 4.74 Å². The van der Waals surface area contributed by atoms with Crippen molar-refractivity contribution in [1.82, 2.24) is 0 Å². The molecular formula is C19H23NO4. The van der Waals surface area contributed by atoms with Crippen molar-refractivity contribution in [3.8, 4) is 0 Å². The van der Waals surface area contributed by atoms with Gasteiger partial charge in [0.05, 0.1) is 23.8 Å². The number of hydrogen-bond acceptors (Lipinski definition) is 4. The third-order valence-corrected chi connectivity index (χ3v) is 6.72. The predicted molar refractivity (Wildman–Crippen MR) is 89.6 cm³/mol. The summed E-state index contributed by atoms with van der Waals surface area (Å²) in [6.07, 6.45) is 1.68. The Balaban J connectivity index is 1.95. The Morgan fingerprint density at radius 3 is 2.33 bits per heavy atom. The molecule has 1 N–H and O–H groups in total. The van der Waals surface area contributed by atoms with Crippen LogP contribution in [-0.4, -0.2) is 24.8 Å². The molecule has 5 heteroatoms. The summed E-state index contributed by atoms with van der Waals surface area (Å²) in [5.41, 5.74) is -0.851.